The van der Waals surface area contributed by atoms with Crippen LogP contribution in [0.25, 0.3) is 0 Å². The van der Waals surface area contributed by atoms with Gasteiger partial charge in [0.15, 0.2) is 0 Å². The Morgan fingerprint density at radius 1 is 1.47 bits per heavy atom. The van der Waals surface area contributed by atoms with E-state index in [4.69, 9.17) is 10.9 Å². The second-order valence-corrected chi connectivity index (χ2v) is 5.33. The van der Waals surface area contributed by atoms with Gasteiger partial charge in [0.2, 0.25) is 0 Å². The fourth-order valence-electron chi connectivity index (χ4n) is 3.01. The molecule has 17 heavy (non-hydrogen) atoms. The molecule has 1 fully saturated rings. The summed E-state index contributed by atoms with van der Waals surface area (Å²) >= 11 is 0. The Morgan fingerprint density at radius 3 is 2.71 bits per heavy atom. The first-order valence-electron chi connectivity index (χ1n) is 6.78. The van der Waals surface area contributed by atoms with Crippen LogP contribution in [0.1, 0.15) is 52.4 Å². The van der Waals surface area contributed by atoms with Crippen LogP contribution in [0.5, 0.6) is 0 Å². The lowest BCUT2D eigenvalue weighted by Crippen LogP contribution is -2.45. The number of hydrogen-bond donors (Lipinski definition) is 2. The van der Waals surface area contributed by atoms with Crippen LogP contribution in [0.15, 0.2) is 5.16 Å². The first-order chi connectivity index (χ1) is 8.10. The van der Waals surface area contributed by atoms with Crippen molar-refractivity contribution < 1.29 is 5.21 Å². The zero-order valence-corrected chi connectivity index (χ0v) is 11.4. The van der Waals surface area contributed by atoms with E-state index in [0.717, 1.165) is 5.92 Å². The van der Waals surface area contributed by atoms with Gasteiger partial charge in [-0.05, 0) is 32.7 Å². The van der Waals surface area contributed by atoms with Crippen molar-refractivity contribution in [3.63, 3.8) is 0 Å². The van der Waals surface area contributed by atoms with Gasteiger partial charge in [-0.25, -0.2) is 0 Å². The average Bonchev–Trinajstić information content (AvgIpc) is 2.37. The molecule has 1 saturated carbocycles. The van der Waals surface area contributed by atoms with Crippen molar-refractivity contribution >= 4 is 5.84 Å². The molecule has 1 aliphatic rings. The third-order valence-corrected chi connectivity index (χ3v) is 4.24. The van der Waals surface area contributed by atoms with Crippen LogP contribution in [0.2, 0.25) is 0 Å². The fraction of sp³-hybridized carbons (Fsp3) is 0.923. The van der Waals surface area contributed by atoms with Crippen molar-refractivity contribution in [1.29, 1.82) is 0 Å². The number of amidine groups is 1. The maximum Gasteiger partial charge on any atom is 0.140 e. The van der Waals surface area contributed by atoms with Gasteiger partial charge in [0.25, 0.3) is 0 Å². The number of nitrogens with zero attached hydrogens (tertiary/aromatic N) is 2. The van der Waals surface area contributed by atoms with Crippen LogP contribution in [0, 0.1) is 5.92 Å². The summed E-state index contributed by atoms with van der Waals surface area (Å²) in [7, 11) is 2.17. The summed E-state index contributed by atoms with van der Waals surface area (Å²) in [5.41, 5.74) is 5.58. The summed E-state index contributed by atoms with van der Waals surface area (Å²) in [4.78, 5) is 2.42. The van der Waals surface area contributed by atoms with Crippen LogP contribution in [0.4, 0.5) is 0 Å². The van der Waals surface area contributed by atoms with E-state index in [1.165, 1.54) is 32.1 Å². The van der Waals surface area contributed by atoms with Gasteiger partial charge in [-0.15, -0.1) is 0 Å². The van der Waals surface area contributed by atoms with Crippen molar-refractivity contribution in [2.45, 2.75) is 64.5 Å². The molecule has 0 aliphatic heterocycles. The van der Waals surface area contributed by atoms with Crippen LogP contribution in [-0.4, -0.2) is 35.1 Å². The van der Waals surface area contributed by atoms with Gasteiger partial charge in [-0.3, -0.25) is 0 Å². The molecule has 100 valence electrons. The lowest BCUT2D eigenvalue weighted by Gasteiger charge is -2.40. The molecule has 4 heteroatoms. The molecule has 0 spiro atoms. The highest BCUT2D eigenvalue weighted by Gasteiger charge is 2.29. The monoisotopic (exact) mass is 241 g/mol. The summed E-state index contributed by atoms with van der Waals surface area (Å²) in [6.07, 6.45) is 7.24. The predicted octanol–water partition coefficient (Wildman–Crippen LogP) is 2.41. The summed E-state index contributed by atoms with van der Waals surface area (Å²) in [5, 5.41) is 11.7. The van der Waals surface area contributed by atoms with E-state index >= 15 is 0 Å². The summed E-state index contributed by atoms with van der Waals surface area (Å²) in [5.74, 6) is 1.14. The molecular weight excluding hydrogens is 214 g/mol. The topological polar surface area (TPSA) is 61.8 Å². The number of oxime groups is 1. The van der Waals surface area contributed by atoms with Gasteiger partial charge < -0.3 is 15.8 Å². The zero-order valence-electron chi connectivity index (χ0n) is 11.4. The lowest BCUT2D eigenvalue weighted by atomic mass is 9.81. The van der Waals surface area contributed by atoms with Crippen molar-refractivity contribution in [1.82, 2.24) is 4.90 Å². The van der Waals surface area contributed by atoms with Crippen molar-refractivity contribution in [2.75, 3.05) is 7.05 Å². The molecule has 0 aromatic rings. The highest BCUT2D eigenvalue weighted by atomic mass is 16.4. The molecule has 3 unspecified atom stereocenters. The molecule has 0 bridgehead atoms. The Balaban J connectivity index is 2.57. The van der Waals surface area contributed by atoms with E-state index in [1.54, 1.807) is 0 Å². The van der Waals surface area contributed by atoms with Crippen LogP contribution in [-0.2, 0) is 0 Å². The second kappa shape index (κ2) is 6.84. The Labute approximate surface area is 105 Å². The second-order valence-electron chi connectivity index (χ2n) is 5.33. The lowest BCUT2D eigenvalue weighted by molar-refractivity contribution is 0.0953. The van der Waals surface area contributed by atoms with Gasteiger partial charge >= 0.3 is 0 Å². The molecule has 0 saturated heterocycles. The quantitative estimate of drug-likeness (QED) is 0.336. The summed E-state index contributed by atoms with van der Waals surface area (Å²) < 4.78 is 0. The highest BCUT2D eigenvalue weighted by Crippen LogP contribution is 2.31. The Morgan fingerprint density at radius 2 is 2.12 bits per heavy atom. The molecule has 0 radical (unpaired) electrons. The number of hydrogen-bond acceptors (Lipinski definition) is 3. The van der Waals surface area contributed by atoms with Crippen LogP contribution in [0.3, 0.4) is 0 Å². The molecule has 1 rings (SSSR count). The largest absolute Gasteiger partial charge is 0.409 e. The maximum absolute atomic E-state index is 8.62. The third kappa shape index (κ3) is 3.87. The SMILES string of the molecule is CCC1CCCCC1N(C)C(C)CC(N)=NO. The van der Waals surface area contributed by atoms with E-state index in [-0.39, 0.29) is 0 Å². The first-order valence-corrected chi connectivity index (χ1v) is 6.78. The van der Waals surface area contributed by atoms with Crippen LogP contribution >= 0.6 is 0 Å². The fourth-order valence-corrected chi connectivity index (χ4v) is 3.01. The third-order valence-electron chi connectivity index (χ3n) is 4.24. The molecular formula is C13H27N3O. The van der Waals surface area contributed by atoms with E-state index < -0.39 is 0 Å². The minimum absolute atomic E-state index is 0.327. The van der Waals surface area contributed by atoms with E-state index in [9.17, 15) is 0 Å². The number of nitrogens with two attached hydrogens (primary N) is 1. The van der Waals surface area contributed by atoms with E-state index in [2.05, 4.69) is 31.0 Å². The van der Waals surface area contributed by atoms with Crippen LogP contribution < -0.4 is 5.73 Å². The maximum atomic E-state index is 8.62. The van der Waals surface area contributed by atoms with Crippen molar-refractivity contribution in [2.24, 2.45) is 16.8 Å². The minimum atomic E-state index is 0.327. The molecule has 4 nitrogen and oxygen atoms in total. The molecule has 3 atom stereocenters. The summed E-state index contributed by atoms with van der Waals surface area (Å²) in [6, 6.07) is 0.998. The molecule has 0 aromatic heterocycles. The molecule has 1 aliphatic carbocycles. The van der Waals surface area contributed by atoms with Crippen molar-refractivity contribution in [3.05, 3.63) is 0 Å². The van der Waals surface area contributed by atoms with Gasteiger partial charge in [-0.2, -0.15) is 0 Å². The predicted molar refractivity (Wildman–Crippen MR) is 71.3 cm³/mol. The van der Waals surface area contributed by atoms with Crippen molar-refractivity contribution in [3.8, 4) is 0 Å². The van der Waals surface area contributed by atoms with Gasteiger partial charge in [-0.1, -0.05) is 31.3 Å². The Bertz CT molecular complexity index is 255. The van der Waals surface area contributed by atoms with Gasteiger partial charge in [0, 0.05) is 18.5 Å². The smallest absolute Gasteiger partial charge is 0.140 e. The summed E-state index contributed by atoms with van der Waals surface area (Å²) in [6.45, 7) is 4.43. The van der Waals surface area contributed by atoms with Gasteiger partial charge in [0.1, 0.15) is 5.84 Å². The molecule has 0 heterocycles. The highest BCUT2D eigenvalue weighted by molar-refractivity contribution is 5.80. The molecule has 0 amide bonds. The van der Waals surface area contributed by atoms with E-state index in [1.807, 2.05) is 0 Å². The average molecular weight is 241 g/mol. The molecule has 3 N–H and O–H groups in total. The number of rotatable bonds is 5. The molecule has 0 aromatic carbocycles. The van der Waals surface area contributed by atoms with Gasteiger partial charge in [0.05, 0.1) is 0 Å². The standard InChI is InChI=1S/C13H27N3O/c1-4-11-7-5-6-8-12(11)16(3)10(2)9-13(14)15-17/h10-12,17H,4-9H2,1-3H3,(H2,14,15). The Kier molecular flexibility index (Phi) is 5.75. The van der Waals surface area contributed by atoms with E-state index in [0.29, 0.717) is 24.3 Å². The first kappa shape index (κ1) is 14.3. The normalized spacial score (nSPS) is 28.4. The zero-order chi connectivity index (χ0) is 12.8. The Hall–Kier alpha value is -0.770. The minimum Gasteiger partial charge on any atom is -0.409 e.